The Morgan fingerprint density at radius 3 is 2.55 bits per heavy atom. The maximum atomic E-state index is 13.1. The lowest BCUT2D eigenvalue weighted by atomic mass is 10.3. The van der Waals surface area contributed by atoms with Gasteiger partial charge in [0.15, 0.2) is 11.2 Å². The van der Waals surface area contributed by atoms with Gasteiger partial charge in [0.1, 0.15) is 16.9 Å². The molecule has 3 atom stereocenters. The van der Waals surface area contributed by atoms with Gasteiger partial charge in [0, 0.05) is 50.0 Å². The molecule has 5 heterocycles. The number of carbonyl (C=O) groups is 1. The topological polar surface area (TPSA) is 133 Å². The van der Waals surface area contributed by atoms with Crippen molar-refractivity contribution in [3.8, 4) is 10.6 Å². The van der Waals surface area contributed by atoms with Gasteiger partial charge in [-0.3, -0.25) is 18.7 Å². The lowest BCUT2D eigenvalue weighted by Crippen LogP contribution is -2.41. The molecule has 2 fully saturated rings. The largest absolute Gasteiger partial charge is 0.390 e. The highest BCUT2D eigenvalue weighted by Crippen LogP contribution is 2.45. The zero-order valence-corrected chi connectivity index (χ0v) is 22.2. The smallest absolute Gasteiger partial charge is 0.340 e. The van der Waals surface area contributed by atoms with E-state index >= 15 is 0 Å². The molecule has 0 radical (unpaired) electrons. The number of halogens is 3. The zero-order valence-electron chi connectivity index (χ0n) is 21.4. The van der Waals surface area contributed by atoms with Crippen molar-refractivity contribution in [2.24, 2.45) is 18.9 Å². The number of imidazole rings is 1. The highest BCUT2D eigenvalue weighted by molar-refractivity contribution is 7.13. The Hall–Kier alpha value is -4.08. The van der Waals surface area contributed by atoms with E-state index < -0.39 is 42.3 Å². The van der Waals surface area contributed by atoms with Crippen molar-refractivity contribution < 1.29 is 18.0 Å². The number of aryl methyl sites for hydroxylation is 1. The van der Waals surface area contributed by atoms with E-state index in [1.165, 1.54) is 42.6 Å². The van der Waals surface area contributed by atoms with Crippen molar-refractivity contribution in [3.05, 3.63) is 44.9 Å². The maximum Gasteiger partial charge on any atom is 0.390 e. The van der Waals surface area contributed by atoms with Crippen LogP contribution in [-0.2, 0) is 18.4 Å². The molecule has 1 saturated carbocycles. The fourth-order valence-corrected chi connectivity index (χ4v) is 5.72. The molecule has 1 aliphatic heterocycles. The number of anilines is 2. The number of nitrogens with zero attached hydrogens (tertiary/aromatic N) is 8. The molecule has 6 rings (SSSR count). The number of rotatable bonds is 7. The van der Waals surface area contributed by atoms with Crippen LogP contribution in [0.25, 0.3) is 21.7 Å². The molecule has 3 unspecified atom stereocenters. The van der Waals surface area contributed by atoms with E-state index in [2.05, 4.69) is 30.2 Å². The second-order valence-corrected chi connectivity index (χ2v) is 11.0. The van der Waals surface area contributed by atoms with Crippen molar-refractivity contribution in [1.82, 2.24) is 33.6 Å². The summed E-state index contributed by atoms with van der Waals surface area (Å²) in [6.45, 7) is 2.63. The van der Waals surface area contributed by atoms with Crippen molar-refractivity contribution >= 4 is 40.2 Å². The fourth-order valence-electron chi connectivity index (χ4n) is 5.00. The first-order valence-corrected chi connectivity index (χ1v) is 13.4. The molecule has 1 amide bonds. The van der Waals surface area contributed by atoms with E-state index in [4.69, 9.17) is 0 Å². The minimum Gasteiger partial charge on any atom is -0.340 e. The molecule has 40 heavy (non-hydrogen) atoms. The number of piperidine rings is 1. The number of hydrogen-bond acceptors (Lipinski definition) is 9. The third-order valence-corrected chi connectivity index (χ3v) is 8.27. The lowest BCUT2D eigenvalue weighted by molar-refractivity contribution is -0.137. The average Bonchev–Trinajstić information content (AvgIpc) is 3.29. The number of fused-ring (bicyclic) bond motifs is 2. The SMILES string of the molecule is CC(C(=O)Nc1csc(-c2cnc(N3CC4CC4C3)nc2)n1)n1cnc2c1c(=O)n(CCC(F)(F)F)c(=O)n2C. The third-order valence-electron chi connectivity index (χ3n) is 7.38. The van der Waals surface area contributed by atoms with Crippen LogP contribution in [0, 0.1) is 11.8 Å². The number of aromatic nitrogens is 7. The van der Waals surface area contributed by atoms with Crippen LogP contribution < -0.4 is 21.5 Å². The van der Waals surface area contributed by atoms with Crippen LogP contribution in [0.4, 0.5) is 24.9 Å². The van der Waals surface area contributed by atoms with Crippen molar-refractivity contribution in [2.75, 3.05) is 23.3 Å². The zero-order chi connectivity index (χ0) is 28.3. The highest BCUT2D eigenvalue weighted by Gasteiger charge is 2.45. The molecule has 4 aromatic rings. The summed E-state index contributed by atoms with van der Waals surface area (Å²) in [7, 11) is 1.30. The van der Waals surface area contributed by atoms with Gasteiger partial charge in [0.25, 0.3) is 5.56 Å². The Kier molecular flexibility index (Phi) is 6.23. The Labute approximate surface area is 228 Å². The van der Waals surface area contributed by atoms with E-state index in [1.807, 2.05) is 0 Å². The molecule has 2 aliphatic rings. The summed E-state index contributed by atoms with van der Waals surface area (Å²) in [5, 5.41) is 4.95. The van der Waals surface area contributed by atoms with Crippen LogP contribution in [0.5, 0.6) is 0 Å². The van der Waals surface area contributed by atoms with Crippen LogP contribution in [-0.4, -0.2) is 58.8 Å². The standard InChI is InChI=1S/C24H24F3N9O3S/c1-12(36-11-30-18-17(36)21(38)35(23(39)33(18)2)4-3-24(25,26)27)19(37)31-16-10-40-20(32-16)15-6-28-22(29-7-15)34-8-13-5-14(13)9-34/h6-7,10-14H,3-5,8-9H2,1-2H3,(H,31,37). The summed E-state index contributed by atoms with van der Waals surface area (Å²) in [5.41, 5.74) is -1.37. The van der Waals surface area contributed by atoms with Crippen molar-refractivity contribution in [1.29, 1.82) is 0 Å². The molecule has 210 valence electrons. The minimum absolute atomic E-state index is 0.0386. The van der Waals surface area contributed by atoms with Crippen LogP contribution >= 0.6 is 11.3 Å². The predicted molar refractivity (Wildman–Crippen MR) is 140 cm³/mol. The van der Waals surface area contributed by atoms with Gasteiger partial charge in [0.05, 0.1) is 12.7 Å². The van der Waals surface area contributed by atoms with Crippen LogP contribution in [0.1, 0.15) is 25.8 Å². The van der Waals surface area contributed by atoms with Gasteiger partial charge >= 0.3 is 11.9 Å². The third kappa shape index (κ3) is 4.76. The normalized spacial score (nSPS) is 19.2. The van der Waals surface area contributed by atoms with Gasteiger partial charge in [-0.15, -0.1) is 11.3 Å². The number of amides is 1. The molecule has 1 saturated heterocycles. The molecule has 4 aromatic heterocycles. The summed E-state index contributed by atoms with van der Waals surface area (Å²) in [6, 6.07) is -0.995. The summed E-state index contributed by atoms with van der Waals surface area (Å²) in [4.78, 5) is 58.3. The predicted octanol–water partition coefficient (Wildman–Crippen LogP) is 2.42. The fraction of sp³-hybridized carbons (Fsp3) is 0.458. The molecular weight excluding hydrogens is 551 g/mol. The van der Waals surface area contributed by atoms with Crippen molar-refractivity contribution in [2.45, 2.75) is 38.5 Å². The Morgan fingerprint density at radius 2 is 1.88 bits per heavy atom. The second kappa shape index (κ2) is 9.53. The molecule has 0 spiro atoms. The Morgan fingerprint density at radius 1 is 1.18 bits per heavy atom. The quantitative estimate of drug-likeness (QED) is 0.355. The maximum absolute atomic E-state index is 13.1. The Bertz CT molecular complexity index is 1710. The van der Waals surface area contributed by atoms with Gasteiger partial charge in [0.2, 0.25) is 11.9 Å². The summed E-state index contributed by atoms with van der Waals surface area (Å²) >= 11 is 1.30. The Balaban J connectivity index is 1.19. The number of hydrogen-bond donors (Lipinski definition) is 1. The number of thiazole rings is 1. The molecule has 0 bridgehead atoms. The monoisotopic (exact) mass is 575 g/mol. The van der Waals surface area contributed by atoms with Crippen LogP contribution in [0.15, 0.2) is 33.7 Å². The molecule has 1 aliphatic carbocycles. The summed E-state index contributed by atoms with van der Waals surface area (Å²) < 4.78 is 41.1. The molecule has 1 N–H and O–H groups in total. The van der Waals surface area contributed by atoms with E-state index in [9.17, 15) is 27.6 Å². The van der Waals surface area contributed by atoms with Crippen LogP contribution in [0.2, 0.25) is 0 Å². The summed E-state index contributed by atoms with van der Waals surface area (Å²) in [6.07, 6.45) is -0.00873. The first-order chi connectivity index (χ1) is 19.0. The number of nitrogens with one attached hydrogen (secondary N) is 1. The van der Waals surface area contributed by atoms with Crippen LogP contribution in [0.3, 0.4) is 0 Å². The lowest BCUT2D eigenvalue weighted by Gasteiger charge is -2.17. The van der Waals surface area contributed by atoms with Gasteiger partial charge in [-0.2, -0.15) is 13.2 Å². The minimum atomic E-state index is -4.55. The van der Waals surface area contributed by atoms with Gasteiger partial charge in [-0.1, -0.05) is 0 Å². The van der Waals surface area contributed by atoms with E-state index in [1.54, 1.807) is 17.8 Å². The number of alkyl halides is 3. The average molecular weight is 576 g/mol. The van der Waals surface area contributed by atoms with E-state index in [0.717, 1.165) is 29.5 Å². The van der Waals surface area contributed by atoms with E-state index in [-0.39, 0.29) is 17.0 Å². The first kappa shape index (κ1) is 26.2. The summed E-state index contributed by atoms with van der Waals surface area (Å²) in [5.74, 6) is 1.96. The molecule has 0 aromatic carbocycles. The molecule has 12 nitrogen and oxygen atoms in total. The van der Waals surface area contributed by atoms with Crippen molar-refractivity contribution in [3.63, 3.8) is 0 Å². The van der Waals surface area contributed by atoms with Gasteiger partial charge in [-0.05, 0) is 25.2 Å². The highest BCUT2D eigenvalue weighted by atomic mass is 32.1. The molecule has 16 heteroatoms. The van der Waals surface area contributed by atoms with Gasteiger partial charge in [-0.25, -0.2) is 24.7 Å². The number of carbonyl (C=O) groups excluding carboxylic acids is 1. The molecular formula is C24H24F3N9O3S. The van der Waals surface area contributed by atoms with Gasteiger partial charge < -0.3 is 14.8 Å². The second-order valence-electron chi connectivity index (χ2n) is 10.1. The van der Waals surface area contributed by atoms with E-state index in [0.29, 0.717) is 21.1 Å². The first-order valence-electron chi connectivity index (χ1n) is 12.6.